The molecule has 0 spiro atoms. The molecule has 0 aliphatic heterocycles. The molecule has 0 saturated heterocycles. The number of anilines is 1. The van der Waals surface area contributed by atoms with Gasteiger partial charge in [0.2, 0.25) is 0 Å². The first-order valence-corrected chi connectivity index (χ1v) is 6.69. The minimum atomic E-state index is -0.123. The van der Waals surface area contributed by atoms with Crippen molar-refractivity contribution < 1.29 is 4.79 Å². The van der Waals surface area contributed by atoms with E-state index < -0.39 is 0 Å². The third kappa shape index (κ3) is 3.93. The Bertz CT molecular complexity index is 393. The predicted molar refractivity (Wildman–Crippen MR) is 73.7 cm³/mol. The lowest BCUT2D eigenvalue weighted by atomic mass is 10.2. The molecule has 0 unspecified atom stereocenters. The van der Waals surface area contributed by atoms with Crippen LogP contribution in [0.1, 0.15) is 24.2 Å². The zero-order chi connectivity index (χ0) is 12.9. The van der Waals surface area contributed by atoms with Crippen LogP contribution in [0.4, 0.5) is 5.82 Å². The van der Waals surface area contributed by atoms with Crippen molar-refractivity contribution in [3.05, 3.63) is 23.9 Å². The van der Waals surface area contributed by atoms with Gasteiger partial charge in [-0.15, -0.1) is 0 Å². The van der Waals surface area contributed by atoms with Gasteiger partial charge in [0.05, 0.1) is 5.56 Å². The fourth-order valence-electron chi connectivity index (χ4n) is 1.23. The zero-order valence-electron chi connectivity index (χ0n) is 10.7. The lowest BCUT2D eigenvalue weighted by Crippen LogP contribution is -2.28. The Hall–Kier alpha value is -1.23. The number of pyridine rings is 1. The van der Waals surface area contributed by atoms with Crippen LogP contribution in [0.5, 0.6) is 0 Å². The Balaban J connectivity index is 2.81. The minimum absolute atomic E-state index is 0.109. The van der Waals surface area contributed by atoms with Crippen LogP contribution in [-0.4, -0.2) is 35.5 Å². The van der Waals surface area contributed by atoms with Gasteiger partial charge in [0.25, 0.3) is 5.91 Å². The summed E-state index contributed by atoms with van der Waals surface area (Å²) in [4.78, 5) is 15.8. The molecule has 4 nitrogen and oxygen atoms in total. The van der Waals surface area contributed by atoms with Crippen LogP contribution in [0.15, 0.2) is 18.3 Å². The number of nitrogens with zero attached hydrogens (tertiary/aromatic N) is 1. The molecule has 0 saturated carbocycles. The van der Waals surface area contributed by atoms with E-state index in [-0.39, 0.29) is 10.7 Å². The van der Waals surface area contributed by atoms with Gasteiger partial charge in [-0.3, -0.25) is 4.79 Å². The number of carbonyl (C=O) groups is 1. The fraction of sp³-hybridized carbons (Fsp3) is 0.500. The maximum absolute atomic E-state index is 11.6. The largest absolute Gasteiger partial charge is 0.368 e. The number of aromatic nitrogens is 1. The van der Waals surface area contributed by atoms with Gasteiger partial charge in [0, 0.05) is 24.5 Å². The molecule has 2 N–H and O–H groups in total. The summed E-state index contributed by atoms with van der Waals surface area (Å²) in [6, 6.07) is 3.52. The van der Waals surface area contributed by atoms with Gasteiger partial charge in [-0.1, -0.05) is 0 Å². The third-order valence-corrected chi connectivity index (χ3v) is 3.76. The molecule has 1 heterocycles. The molecule has 1 aromatic rings. The Kier molecular flexibility index (Phi) is 4.81. The molecule has 17 heavy (non-hydrogen) atoms. The first kappa shape index (κ1) is 13.8. The molecule has 0 aliphatic carbocycles. The van der Waals surface area contributed by atoms with Crippen molar-refractivity contribution in [1.82, 2.24) is 10.3 Å². The lowest BCUT2D eigenvalue weighted by molar-refractivity contribution is 0.0963. The average Bonchev–Trinajstić information content (AvgIpc) is 2.36. The second-order valence-corrected chi connectivity index (χ2v) is 5.81. The lowest BCUT2D eigenvalue weighted by Gasteiger charge is -2.23. The van der Waals surface area contributed by atoms with E-state index in [1.54, 1.807) is 37.1 Å². The number of carbonyl (C=O) groups excluding carboxylic acids is 1. The third-order valence-electron chi connectivity index (χ3n) is 2.51. The van der Waals surface area contributed by atoms with Crippen molar-refractivity contribution in [2.24, 2.45) is 0 Å². The van der Waals surface area contributed by atoms with Gasteiger partial charge in [0.15, 0.2) is 0 Å². The standard InChI is InChI=1S/C12H19N3OS/c1-12(2,17-4)8-15-10-9(11(16)13-3)6-5-7-14-10/h5-7H,8H2,1-4H3,(H,13,16)(H,14,15). The summed E-state index contributed by atoms with van der Waals surface area (Å²) in [6.45, 7) is 5.05. The predicted octanol–water partition coefficient (Wildman–Crippen LogP) is 1.99. The van der Waals surface area contributed by atoms with Gasteiger partial charge in [-0.2, -0.15) is 11.8 Å². The molecular formula is C12H19N3OS. The summed E-state index contributed by atoms with van der Waals surface area (Å²) in [5.41, 5.74) is 0.576. The summed E-state index contributed by atoms with van der Waals surface area (Å²) < 4.78 is 0.109. The average molecular weight is 253 g/mol. The highest BCUT2D eigenvalue weighted by Crippen LogP contribution is 2.22. The van der Waals surface area contributed by atoms with E-state index in [0.29, 0.717) is 11.4 Å². The second-order valence-electron chi connectivity index (χ2n) is 4.30. The monoisotopic (exact) mass is 253 g/mol. The van der Waals surface area contributed by atoms with Crippen LogP contribution in [0.3, 0.4) is 0 Å². The number of nitrogens with one attached hydrogen (secondary N) is 2. The van der Waals surface area contributed by atoms with Crippen LogP contribution >= 0.6 is 11.8 Å². The first-order chi connectivity index (χ1) is 8.00. The van der Waals surface area contributed by atoms with Gasteiger partial charge in [-0.25, -0.2) is 4.98 Å². The Labute approximate surface area is 107 Å². The first-order valence-electron chi connectivity index (χ1n) is 5.46. The van der Waals surface area contributed by atoms with Crippen LogP contribution < -0.4 is 10.6 Å². The van der Waals surface area contributed by atoms with Crippen LogP contribution in [-0.2, 0) is 0 Å². The van der Waals surface area contributed by atoms with Crippen molar-refractivity contribution in [3.63, 3.8) is 0 Å². The zero-order valence-corrected chi connectivity index (χ0v) is 11.5. The number of rotatable bonds is 5. The Morgan fingerprint density at radius 2 is 2.24 bits per heavy atom. The van der Waals surface area contributed by atoms with Gasteiger partial charge >= 0.3 is 0 Å². The quantitative estimate of drug-likeness (QED) is 0.842. The summed E-state index contributed by atoms with van der Waals surface area (Å²) in [5, 5.41) is 5.84. The van der Waals surface area contributed by atoms with Gasteiger partial charge < -0.3 is 10.6 Å². The van der Waals surface area contributed by atoms with Crippen LogP contribution in [0.2, 0.25) is 0 Å². The Morgan fingerprint density at radius 3 is 2.82 bits per heavy atom. The molecule has 5 heteroatoms. The van der Waals surface area contributed by atoms with Gasteiger partial charge in [-0.05, 0) is 32.2 Å². The molecule has 94 valence electrons. The molecule has 1 aromatic heterocycles. The highest BCUT2D eigenvalue weighted by Gasteiger charge is 2.17. The summed E-state index contributed by atoms with van der Waals surface area (Å²) in [6.07, 6.45) is 3.75. The molecule has 1 rings (SSSR count). The van der Waals surface area contributed by atoms with Crippen molar-refractivity contribution in [2.45, 2.75) is 18.6 Å². The molecule has 0 fully saturated rings. The molecule has 0 bridgehead atoms. The topological polar surface area (TPSA) is 54.0 Å². The second kappa shape index (κ2) is 5.91. The molecule has 0 atom stereocenters. The highest BCUT2D eigenvalue weighted by molar-refractivity contribution is 7.99. The SMILES string of the molecule is CNC(=O)c1cccnc1NCC(C)(C)SC. The van der Waals surface area contributed by atoms with E-state index in [1.165, 1.54) is 0 Å². The van der Waals surface area contributed by atoms with Crippen molar-refractivity contribution in [1.29, 1.82) is 0 Å². The normalized spacial score (nSPS) is 11.1. The molecule has 1 amide bonds. The van der Waals surface area contributed by atoms with E-state index in [1.807, 2.05) is 0 Å². The molecule has 0 aliphatic rings. The molecule has 0 radical (unpaired) electrons. The van der Waals surface area contributed by atoms with Crippen LogP contribution in [0.25, 0.3) is 0 Å². The minimum Gasteiger partial charge on any atom is -0.368 e. The summed E-state index contributed by atoms with van der Waals surface area (Å²) in [5.74, 6) is 0.511. The van der Waals surface area contributed by atoms with E-state index >= 15 is 0 Å². The molecular weight excluding hydrogens is 234 g/mol. The molecule has 0 aromatic carbocycles. The highest BCUT2D eigenvalue weighted by atomic mass is 32.2. The maximum Gasteiger partial charge on any atom is 0.254 e. The van der Waals surface area contributed by atoms with Crippen molar-refractivity contribution in [3.8, 4) is 0 Å². The number of hydrogen-bond acceptors (Lipinski definition) is 4. The van der Waals surface area contributed by atoms with E-state index in [9.17, 15) is 4.79 Å². The van der Waals surface area contributed by atoms with E-state index in [0.717, 1.165) is 6.54 Å². The van der Waals surface area contributed by atoms with Gasteiger partial charge in [0.1, 0.15) is 5.82 Å². The fourth-order valence-corrected chi connectivity index (χ4v) is 1.45. The smallest absolute Gasteiger partial charge is 0.254 e. The number of amides is 1. The van der Waals surface area contributed by atoms with E-state index in [4.69, 9.17) is 0 Å². The van der Waals surface area contributed by atoms with Crippen LogP contribution in [0, 0.1) is 0 Å². The van der Waals surface area contributed by atoms with Crippen molar-refractivity contribution >= 4 is 23.5 Å². The summed E-state index contributed by atoms with van der Waals surface area (Å²) >= 11 is 1.78. The van der Waals surface area contributed by atoms with Crippen molar-refractivity contribution in [2.75, 3.05) is 25.2 Å². The Morgan fingerprint density at radius 1 is 1.53 bits per heavy atom. The summed E-state index contributed by atoms with van der Waals surface area (Å²) in [7, 11) is 1.62. The number of thioether (sulfide) groups is 1. The maximum atomic E-state index is 11.6. The van der Waals surface area contributed by atoms with E-state index in [2.05, 4.69) is 35.7 Å². The number of hydrogen-bond donors (Lipinski definition) is 2.